The van der Waals surface area contributed by atoms with Crippen molar-refractivity contribution in [1.82, 2.24) is 10.2 Å². The summed E-state index contributed by atoms with van der Waals surface area (Å²) in [7, 11) is 1.17. The molecule has 0 spiro atoms. The van der Waals surface area contributed by atoms with Crippen LogP contribution in [0.15, 0.2) is 24.3 Å². The molecule has 0 aliphatic rings. The van der Waals surface area contributed by atoms with Crippen LogP contribution in [0.1, 0.15) is 31.0 Å². The van der Waals surface area contributed by atoms with Gasteiger partial charge in [-0.05, 0) is 31.5 Å². The number of methoxy groups -OCH3 is 1. The first kappa shape index (κ1) is 18.8. The third kappa shape index (κ3) is 5.15. The van der Waals surface area contributed by atoms with E-state index in [2.05, 4.69) is 10.1 Å². The van der Waals surface area contributed by atoms with E-state index in [1.807, 2.05) is 0 Å². The Balaban J connectivity index is 2.90. The Morgan fingerprint density at radius 3 is 2.52 bits per heavy atom. The minimum absolute atomic E-state index is 0.288. The minimum atomic E-state index is -4.44. The average Bonchev–Trinajstić information content (AvgIpc) is 2.52. The van der Waals surface area contributed by atoms with E-state index in [0.717, 1.165) is 12.1 Å². The molecule has 1 unspecified atom stereocenters. The molecule has 128 valence electrons. The second-order valence-electron chi connectivity index (χ2n) is 4.82. The number of halogens is 3. The quantitative estimate of drug-likeness (QED) is 0.902. The van der Waals surface area contributed by atoms with Crippen molar-refractivity contribution in [1.29, 1.82) is 0 Å². The van der Waals surface area contributed by atoms with Gasteiger partial charge >= 0.3 is 12.3 Å². The van der Waals surface area contributed by atoms with Crippen molar-refractivity contribution < 1.29 is 27.5 Å². The van der Waals surface area contributed by atoms with Crippen molar-refractivity contribution in [2.75, 3.05) is 20.2 Å². The fraction of sp³-hybridized carbons (Fsp3) is 0.467. The monoisotopic (exact) mass is 332 g/mol. The van der Waals surface area contributed by atoms with Crippen molar-refractivity contribution >= 4 is 12.0 Å². The highest BCUT2D eigenvalue weighted by molar-refractivity contribution is 5.82. The van der Waals surface area contributed by atoms with E-state index >= 15 is 0 Å². The second-order valence-corrected chi connectivity index (χ2v) is 4.82. The maximum absolute atomic E-state index is 12.8. The highest BCUT2D eigenvalue weighted by atomic mass is 19.4. The predicted molar refractivity (Wildman–Crippen MR) is 77.7 cm³/mol. The smallest absolute Gasteiger partial charge is 0.416 e. The lowest BCUT2D eigenvalue weighted by Gasteiger charge is -2.29. The number of alkyl carbamates (subject to hydrolysis) is 1. The number of ether oxygens (including phenoxy) is 1. The van der Waals surface area contributed by atoms with Crippen LogP contribution in [-0.4, -0.2) is 37.1 Å². The lowest BCUT2D eigenvalue weighted by Crippen LogP contribution is -2.41. The zero-order valence-electron chi connectivity index (χ0n) is 13.1. The molecule has 0 fully saturated rings. The molecular weight excluding hydrogens is 313 g/mol. The van der Waals surface area contributed by atoms with Crippen LogP contribution >= 0.6 is 0 Å². The summed E-state index contributed by atoms with van der Waals surface area (Å²) in [5, 5.41) is 2.26. The van der Waals surface area contributed by atoms with E-state index in [4.69, 9.17) is 0 Å². The van der Waals surface area contributed by atoms with E-state index < -0.39 is 29.8 Å². The van der Waals surface area contributed by atoms with E-state index in [9.17, 15) is 22.8 Å². The van der Waals surface area contributed by atoms with Gasteiger partial charge in [0, 0.05) is 6.54 Å². The molecule has 0 aliphatic heterocycles. The van der Waals surface area contributed by atoms with Crippen molar-refractivity contribution in [3.63, 3.8) is 0 Å². The molecule has 0 saturated heterocycles. The number of carbonyl (C=O) groups is 2. The number of amides is 2. The zero-order chi connectivity index (χ0) is 17.6. The molecule has 1 rings (SSSR count). The molecule has 1 aromatic carbocycles. The first-order chi connectivity index (χ1) is 10.7. The Morgan fingerprint density at radius 1 is 1.35 bits per heavy atom. The Bertz CT molecular complexity index is 561. The summed E-state index contributed by atoms with van der Waals surface area (Å²) in [6.07, 6.45) is -5.19. The van der Waals surface area contributed by atoms with E-state index in [-0.39, 0.29) is 6.54 Å². The van der Waals surface area contributed by atoms with Gasteiger partial charge in [0.15, 0.2) is 0 Å². The molecule has 23 heavy (non-hydrogen) atoms. The van der Waals surface area contributed by atoms with Gasteiger partial charge in [-0.25, -0.2) is 4.79 Å². The topological polar surface area (TPSA) is 58.6 Å². The van der Waals surface area contributed by atoms with Crippen molar-refractivity contribution in [2.24, 2.45) is 0 Å². The SMILES string of the molecule is CCN(C(=O)CNC(=O)OC)C(C)c1cccc(C(F)(F)F)c1. The van der Waals surface area contributed by atoms with Gasteiger partial charge < -0.3 is 15.0 Å². The van der Waals surface area contributed by atoms with Crippen molar-refractivity contribution in [3.8, 4) is 0 Å². The van der Waals surface area contributed by atoms with Gasteiger partial charge in [0.2, 0.25) is 5.91 Å². The number of alkyl halides is 3. The number of likely N-dealkylation sites (N-methyl/N-ethyl adjacent to an activating group) is 1. The molecule has 0 aliphatic carbocycles. The fourth-order valence-corrected chi connectivity index (χ4v) is 2.14. The van der Waals surface area contributed by atoms with Crippen LogP contribution in [0, 0.1) is 0 Å². The van der Waals surface area contributed by atoms with Crippen LogP contribution in [-0.2, 0) is 15.7 Å². The summed E-state index contributed by atoms with van der Waals surface area (Å²) < 4.78 is 42.7. The molecule has 0 bridgehead atoms. The lowest BCUT2D eigenvalue weighted by molar-refractivity contribution is -0.137. The molecular formula is C15H19F3N2O3. The van der Waals surface area contributed by atoms with Crippen LogP contribution in [0.5, 0.6) is 0 Å². The highest BCUT2D eigenvalue weighted by Gasteiger charge is 2.31. The molecule has 2 amide bonds. The summed E-state index contributed by atoms with van der Waals surface area (Å²) in [4.78, 5) is 24.5. The number of rotatable bonds is 5. The number of nitrogens with zero attached hydrogens (tertiary/aromatic N) is 1. The fourth-order valence-electron chi connectivity index (χ4n) is 2.14. The van der Waals surface area contributed by atoms with Crippen LogP contribution in [0.25, 0.3) is 0 Å². The number of benzene rings is 1. The van der Waals surface area contributed by atoms with Crippen LogP contribution < -0.4 is 5.32 Å². The molecule has 0 radical (unpaired) electrons. The Hall–Kier alpha value is -2.25. The molecule has 5 nitrogen and oxygen atoms in total. The zero-order valence-corrected chi connectivity index (χ0v) is 13.1. The molecule has 0 heterocycles. The summed E-state index contributed by atoms with van der Waals surface area (Å²) in [6.45, 7) is 3.35. The summed E-state index contributed by atoms with van der Waals surface area (Å²) >= 11 is 0. The number of carbonyl (C=O) groups excluding carboxylic acids is 2. The van der Waals surface area contributed by atoms with Gasteiger partial charge in [0.1, 0.15) is 6.54 Å². The predicted octanol–water partition coefficient (Wildman–Crippen LogP) is 2.97. The lowest BCUT2D eigenvalue weighted by atomic mass is 10.0. The molecule has 1 aromatic rings. The van der Waals surface area contributed by atoms with E-state index in [0.29, 0.717) is 12.1 Å². The summed E-state index contributed by atoms with van der Waals surface area (Å²) in [6, 6.07) is 4.28. The molecule has 1 atom stereocenters. The van der Waals surface area contributed by atoms with Gasteiger partial charge in [0.05, 0.1) is 18.7 Å². The third-order valence-corrected chi connectivity index (χ3v) is 3.39. The average molecular weight is 332 g/mol. The van der Waals surface area contributed by atoms with Crippen LogP contribution in [0.3, 0.4) is 0 Å². The van der Waals surface area contributed by atoms with E-state index in [1.165, 1.54) is 24.1 Å². The normalized spacial score (nSPS) is 12.4. The molecule has 0 aromatic heterocycles. The van der Waals surface area contributed by atoms with Crippen LogP contribution in [0.4, 0.5) is 18.0 Å². The van der Waals surface area contributed by atoms with E-state index in [1.54, 1.807) is 13.8 Å². The largest absolute Gasteiger partial charge is 0.453 e. The summed E-state index contributed by atoms with van der Waals surface area (Å²) in [5.41, 5.74) is -0.397. The number of hydrogen-bond acceptors (Lipinski definition) is 3. The number of hydrogen-bond donors (Lipinski definition) is 1. The second kappa shape index (κ2) is 7.85. The van der Waals surface area contributed by atoms with Gasteiger partial charge in [-0.3, -0.25) is 4.79 Å². The molecule has 0 saturated carbocycles. The third-order valence-electron chi connectivity index (χ3n) is 3.39. The maximum Gasteiger partial charge on any atom is 0.416 e. The minimum Gasteiger partial charge on any atom is -0.453 e. The maximum atomic E-state index is 12.8. The Labute approximate surface area is 132 Å². The van der Waals surface area contributed by atoms with Crippen molar-refractivity contribution in [2.45, 2.75) is 26.1 Å². The van der Waals surface area contributed by atoms with Gasteiger partial charge in [0.25, 0.3) is 0 Å². The van der Waals surface area contributed by atoms with Gasteiger partial charge in [-0.1, -0.05) is 12.1 Å². The highest BCUT2D eigenvalue weighted by Crippen LogP contribution is 2.31. The first-order valence-corrected chi connectivity index (χ1v) is 6.99. The van der Waals surface area contributed by atoms with Gasteiger partial charge in [-0.2, -0.15) is 13.2 Å². The molecule has 1 N–H and O–H groups in total. The Kier molecular flexibility index (Phi) is 6.41. The van der Waals surface area contributed by atoms with Gasteiger partial charge in [-0.15, -0.1) is 0 Å². The van der Waals surface area contributed by atoms with Crippen molar-refractivity contribution in [3.05, 3.63) is 35.4 Å². The first-order valence-electron chi connectivity index (χ1n) is 6.99. The molecule has 8 heteroatoms. The number of nitrogens with one attached hydrogen (secondary N) is 1. The standard InChI is InChI=1S/C15H19F3N2O3/c1-4-20(13(21)9-19-14(22)23-3)10(2)11-6-5-7-12(8-11)15(16,17)18/h5-8,10H,4,9H2,1-3H3,(H,19,22). The van der Waals surface area contributed by atoms with Crippen LogP contribution in [0.2, 0.25) is 0 Å². The Morgan fingerprint density at radius 2 is 2.00 bits per heavy atom. The summed E-state index contributed by atoms with van der Waals surface area (Å²) in [5.74, 6) is -0.414.